The summed E-state index contributed by atoms with van der Waals surface area (Å²) in [5, 5.41) is 15.1. The van der Waals surface area contributed by atoms with Crippen LogP contribution in [0.4, 0.5) is 9.59 Å². The highest BCUT2D eigenvalue weighted by Gasteiger charge is 2.44. The van der Waals surface area contributed by atoms with Crippen LogP contribution in [-0.4, -0.2) is 146 Å². The molecule has 3 aromatic carbocycles. The summed E-state index contributed by atoms with van der Waals surface area (Å²) in [6.45, 7) is 20.1. The average molecular weight is 1180 g/mol. The molecule has 1 aromatic heterocycles. The van der Waals surface area contributed by atoms with Crippen molar-refractivity contribution in [1.29, 1.82) is 0 Å². The lowest BCUT2D eigenvalue weighted by molar-refractivity contribution is -0.167. The van der Waals surface area contributed by atoms with Crippen LogP contribution in [-0.2, 0) is 54.0 Å². The van der Waals surface area contributed by atoms with E-state index in [0.29, 0.717) is 25.8 Å². The number of thiazole rings is 1. The Balaban J connectivity index is 0.000000313. The number of nitrogens with zero attached hydrogens (tertiary/aromatic N) is 4. The normalized spacial score (nSPS) is 17.8. The first kappa shape index (κ1) is 68.4. The quantitative estimate of drug-likeness (QED) is 0.0308. The first-order valence-electron chi connectivity index (χ1n) is 29.6. The van der Waals surface area contributed by atoms with Crippen molar-refractivity contribution in [2.24, 2.45) is 41.4 Å². The van der Waals surface area contributed by atoms with Gasteiger partial charge in [0.1, 0.15) is 11.6 Å². The molecule has 4 aromatic rings. The Labute approximate surface area is 502 Å². The van der Waals surface area contributed by atoms with Crippen molar-refractivity contribution in [3.8, 4) is 11.1 Å². The van der Waals surface area contributed by atoms with Gasteiger partial charge >= 0.3 is 18.2 Å². The molecule has 0 radical (unpaired) electrons. The van der Waals surface area contributed by atoms with E-state index in [2.05, 4.69) is 34.6 Å². The van der Waals surface area contributed by atoms with Gasteiger partial charge in [-0.3, -0.25) is 19.2 Å². The van der Waals surface area contributed by atoms with Crippen molar-refractivity contribution >= 4 is 47.3 Å². The Morgan fingerprint density at radius 3 is 1.76 bits per heavy atom. The number of likely N-dealkylation sites (tertiary alicyclic amines) is 1. The average Bonchev–Trinajstić information content (AvgIpc) is 2.70. The lowest BCUT2D eigenvalue weighted by Crippen LogP contribution is -2.54. The zero-order valence-corrected chi connectivity index (χ0v) is 52.8. The number of amides is 4. The molecular formula is C65H93N5O13S. The zero-order valence-electron chi connectivity index (χ0n) is 52.0. The number of esters is 1. The minimum atomic E-state index is -1.48. The summed E-state index contributed by atoms with van der Waals surface area (Å²) in [6.07, 6.45) is 0.422. The van der Waals surface area contributed by atoms with Crippen molar-refractivity contribution in [2.75, 3.05) is 48.6 Å². The minimum Gasteiger partial charge on any atom is -0.465 e. The number of ether oxygens (including phenoxy) is 6. The molecule has 18 nitrogen and oxygen atoms in total. The predicted molar refractivity (Wildman–Crippen MR) is 324 cm³/mol. The number of nitrogens with one attached hydrogen (secondary N) is 1. The van der Waals surface area contributed by atoms with Gasteiger partial charge in [0.05, 0.1) is 48.5 Å². The summed E-state index contributed by atoms with van der Waals surface area (Å²) in [5.74, 6) is -2.46. The molecule has 1 aliphatic heterocycles. The Kier molecular flexibility index (Phi) is 26.7. The van der Waals surface area contributed by atoms with E-state index in [4.69, 9.17) is 33.5 Å². The smallest absolute Gasteiger partial charge is 0.465 e. The van der Waals surface area contributed by atoms with Crippen LogP contribution in [0.2, 0.25) is 0 Å². The maximum absolute atomic E-state index is 13.8. The SMILES string of the molecule is CC[C@H](C)[C@@H]([C@H](OC)OC(=O)N1CCC[C@H]1[C@H](OC)[C@@H](C)C(=O)N[C@@H](Cc1ccccc1)c1nccs1)N(C)C(=O)[C@@H](C)C(C)C.CC[C@H](C)[C@@H]([C@H](OC)OC(=O)O)N(C)C(=O)[C@@H](CC(=O)OCC1c2ccccc2-c2ccccc21)C(C)C. The number of hydrogen-bond acceptors (Lipinski definition) is 14. The predicted octanol–water partition coefficient (Wildman–Crippen LogP) is 11.5. The van der Waals surface area contributed by atoms with Gasteiger partial charge in [-0.1, -0.05) is 161 Å². The molecule has 2 aliphatic rings. The number of benzene rings is 3. The summed E-state index contributed by atoms with van der Waals surface area (Å²) in [5.41, 5.74) is 5.64. The summed E-state index contributed by atoms with van der Waals surface area (Å²) < 4.78 is 33.7. The van der Waals surface area contributed by atoms with Gasteiger partial charge in [0, 0.05) is 65.4 Å². The summed E-state index contributed by atoms with van der Waals surface area (Å²) >= 11 is 1.50. The van der Waals surface area contributed by atoms with Crippen molar-refractivity contribution in [2.45, 2.75) is 157 Å². The fourth-order valence-electron chi connectivity index (χ4n) is 11.5. The largest absolute Gasteiger partial charge is 0.508 e. The third-order valence-corrected chi connectivity index (χ3v) is 18.1. The van der Waals surface area contributed by atoms with E-state index in [9.17, 15) is 28.8 Å². The fraction of sp³-hybridized carbons (Fsp3) is 0.585. The Morgan fingerprint density at radius 2 is 1.26 bits per heavy atom. The number of carboxylic acid groups (broad SMARTS) is 1. The van der Waals surface area contributed by atoms with Crippen LogP contribution in [0.1, 0.15) is 135 Å². The third-order valence-electron chi connectivity index (χ3n) is 17.2. The highest BCUT2D eigenvalue weighted by atomic mass is 32.1. The van der Waals surface area contributed by atoms with Crippen LogP contribution in [0, 0.1) is 41.4 Å². The van der Waals surface area contributed by atoms with Crippen LogP contribution in [0.25, 0.3) is 11.1 Å². The van der Waals surface area contributed by atoms with Crippen LogP contribution >= 0.6 is 11.3 Å². The second-order valence-electron chi connectivity index (χ2n) is 23.1. The standard InChI is InChI=1S/C35H54N4O6S.C30H39NO7/c1-10-23(4)29(38(7)33(41)24(5)22(2)3)34(44-9)45-35(42)39-19-14-17-28(39)30(43-8)25(6)31(40)37-27(32-36-18-20-46-32)21-26-15-12-11-13-16-26;1-7-19(4)27(29(36-6)38-30(34)35)31(5)28(33)24(18(2)3)16-26(32)37-17-25-22-14-10-8-12-20(22)21-13-9-11-15-23(21)25/h11-13,15-16,18,20,22-25,27-30,34H,10,14,17,19,21H2,1-9H3,(H,37,40);8-15,18-19,24-25,27,29H,7,16-17H2,1-6H3,(H,34,35)/t23-,24-,25+,27-,28-,29-,30+,34+;19-,24-,27-,29+/m00/s1. The number of carbonyl (C=O) groups is 6. The van der Waals surface area contributed by atoms with Crippen molar-refractivity contribution in [1.82, 2.24) is 25.0 Å². The second kappa shape index (κ2) is 32.8. The molecule has 2 heterocycles. The molecule has 0 unspecified atom stereocenters. The highest BCUT2D eigenvalue weighted by Crippen LogP contribution is 2.45. The van der Waals surface area contributed by atoms with Crippen molar-refractivity contribution in [3.63, 3.8) is 0 Å². The van der Waals surface area contributed by atoms with Gasteiger partial charge in [0.15, 0.2) is 0 Å². The van der Waals surface area contributed by atoms with E-state index in [0.717, 1.165) is 45.7 Å². The lowest BCUT2D eigenvalue weighted by atomic mass is 9.89. The van der Waals surface area contributed by atoms with Crippen LogP contribution < -0.4 is 5.32 Å². The molecule has 6 rings (SSSR count). The number of carbonyl (C=O) groups excluding carboxylic acids is 5. The van der Waals surface area contributed by atoms with Gasteiger partial charge in [-0.05, 0) is 70.8 Å². The number of fused-ring (bicyclic) bond motifs is 3. The first-order chi connectivity index (χ1) is 40.0. The molecule has 4 amide bonds. The van der Waals surface area contributed by atoms with Crippen molar-refractivity contribution < 1.29 is 62.3 Å². The number of hydrogen-bond donors (Lipinski definition) is 2. The van der Waals surface area contributed by atoms with Crippen molar-refractivity contribution in [3.05, 3.63) is 112 Å². The van der Waals surface area contributed by atoms with Gasteiger partial charge in [0.25, 0.3) is 0 Å². The van der Waals surface area contributed by atoms with E-state index in [1.165, 1.54) is 30.5 Å². The second-order valence-corrected chi connectivity index (χ2v) is 24.1. The van der Waals surface area contributed by atoms with Gasteiger partial charge < -0.3 is 53.5 Å². The summed E-state index contributed by atoms with van der Waals surface area (Å²) in [4.78, 5) is 88.0. The molecule has 19 heteroatoms. The molecule has 1 saturated heterocycles. The number of methoxy groups -OCH3 is 3. The van der Waals surface area contributed by atoms with E-state index in [-0.39, 0.29) is 78.3 Å². The Morgan fingerprint density at radius 1 is 0.714 bits per heavy atom. The topological polar surface area (TPSA) is 213 Å². The molecule has 462 valence electrons. The fourth-order valence-corrected chi connectivity index (χ4v) is 12.2. The van der Waals surface area contributed by atoms with E-state index >= 15 is 0 Å². The zero-order chi connectivity index (χ0) is 61.9. The highest BCUT2D eigenvalue weighted by molar-refractivity contribution is 7.09. The van der Waals surface area contributed by atoms with Gasteiger partial charge in [-0.2, -0.15) is 0 Å². The Bertz CT molecular complexity index is 2680. The molecule has 84 heavy (non-hydrogen) atoms. The number of likely N-dealkylation sites (N-methyl/N-ethyl adjacent to an activating group) is 2. The number of aromatic nitrogens is 1. The molecular weight excluding hydrogens is 1090 g/mol. The van der Waals surface area contributed by atoms with Gasteiger partial charge in [-0.25, -0.2) is 14.6 Å². The van der Waals surface area contributed by atoms with Crippen LogP contribution in [0.15, 0.2) is 90.4 Å². The maximum atomic E-state index is 13.8. The van der Waals surface area contributed by atoms with Crippen LogP contribution in [0.3, 0.4) is 0 Å². The molecule has 12 atom stereocenters. The minimum absolute atomic E-state index is 0.0116. The van der Waals surface area contributed by atoms with Gasteiger partial charge in [0.2, 0.25) is 30.3 Å². The molecule has 2 N–H and O–H groups in total. The molecule has 1 aliphatic carbocycles. The Hall–Kier alpha value is -6.41. The van der Waals surface area contributed by atoms with E-state index in [1.807, 2.05) is 129 Å². The molecule has 0 saturated carbocycles. The van der Waals surface area contributed by atoms with E-state index < -0.39 is 60.8 Å². The molecule has 0 bridgehead atoms. The number of rotatable bonds is 28. The molecule has 0 spiro atoms. The monoisotopic (exact) mass is 1180 g/mol. The van der Waals surface area contributed by atoms with Crippen LogP contribution in [0.5, 0.6) is 0 Å². The van der Waals surface area contributed by atoms with Gasteiger partial charge in [-0.15, -0.1) is 11.3 Å². The summed E-state index contributed by atoms with van der Waals surface area (Å²) in [6, 6.07) is 24.5. The third kappa shape index (κ3) is 17.4. The first-order valence-corrected chi connectivity index (χ1v) is 30.5. The van der Waals surface area contributed by atoms with E-state index in [1.54, 1.807) is 37.2 Å². The maximum Gasteiger partial charge on any atom is 0.508 e. The molecule has 1 fully saturated rings. The lowest BCUT2D eigenvalue weighted by Gasteiger charge is -2.39. The summed E-state index contributed by atoms with van der Waals surface area (Å²) in [7, 11) is 7.78.